The highest BCUT2D eigenvalue weighted by Gasteiger charge is 1.94. The molecule has 0 saturated heterocycles. The zero-order valence-electron chi connectivity index (χ0n) is 11.7. The highest BCUT2D eigenvalue weighted by Crippen LogP contribution is 2.06. The van der Waals surface area contributed by atoms with Gasteiger partial charge < -0.3 is 10.5 Å². The van der Waals surface area contributed by atoms with Gasteiger partial charge in [0.15, 0.2) is 0 Å². The molecule has 0 aliphatic rings. The van der Waals surface area contributed by atoms with E-state index < -0.39 is 0 Å². The summed E-state index contributed by atoms with van der Waals surface area (Å²) < 4.78 is 5.63. The molecule has 0 radical (unpaired) electrons. The zero-order chi connectivity index (χ0) is 14.0. The van der Waals surface area contributed by atoms with Crippen LogP contribution < -0.4 is 5.73 Å². The van der Waals surface area contributed by atoms with Crippen molar-refractivity contribution in [3.63, 3.8) is 0 Å². The molecule has 0 saturated carbocycles. The summed E-state index contributed by atoms with van der Waals surface area (Å²) in [6, 6.07) is 18.7. The second-order valence-electron chi connectivity index (χ2n) is 4.68. The van der Waals surface area contributed by atoms with Gasteiger partial charge in [-0.25, -0.2) is 0 Å². The average Bonchev–Trinajstić information content (AvgIpc) is 2.50. The highest BCUT2D eigenvalue weighted by molar-refractivity contribution is 5.48. The van der Waals surface area contributed by atoms with Crippen molar-refractivity contribution in [3.8, 4) is 0 Å². The molecule has 0 aromatic heterocycles. The Hall–Kier alpha value is -1.90. The van der Waals surface area contributed by atoms with Crippen molar-refractivity contribution in [3.05, 3.63) is 77.4 Å². The maximum atomic E-state index is 5.63. The molecule has 0 atom stereocenters. The lowest BCUT2D eigenvalue weighted by Crippen LogP contribution is -2.02. The predicted molar refractivity (Wildman–Crippen MR) is 84.3 cm³/mol. The molecule has 2 nitrogen and oxygen atoms in total. The number of benzene rings is 2. The largest absolute Gasteiger partial charge is 0.373 e. The van der Waals surface area contributed by atoms with Crippen LogP contribution in [0.2, 0.25) is 0 Å². The minimum Gasteiger partial charge on any atom is -0.373 e. The van der Waals surface area contributed by atoms with E-state index >= 15 is 0 Å². The summed E-state index contributed by atoms with van der Waals surface area (Å²) in [5.41, 5.74) is 9.20. The Kier molecular flexibility index (Phi) is 6.03. The van der Waals surface area contributed by atoms with Crippen LogP contribution in [0.1, 0.15) is 16.7 Å². The van der Waals surface area contributed by atoms with Gasteiger partial charge in [-0.15, -0.1) is 0 Å². The van der Waals surface area contributed by atoms with Gasteiger partial charge in [-0.1, -0.05) is 66.7 Å². The molecule has 0 unspecified atom stereocenters. The van der Waals surface area contributed by atoms with E-state index in [1.165, 1.54) is 16.7 Å². The van der Waals surface area contributed by atoms with E-state index in [4.69, 9.17) is 10.5 Å². The summed E-state index contributed by atoms with van der Waals surface area (Å²) in [7, 11) is 0. The van der Waals surface area contributed by atoms with Gasteiger partial charge in [0, 0.05) is 0 Å². The molecule has 2 N–H and O–H groups in total. The summed E-state index contributed by atoms with van der Waals surface area (Å²) in [6.45, 7) is 1.96. The Labute approximate surface area is 120 Å². The second-order valence-corrected chi connectivity index (χ2v) is 4.68. The van der Waals surface area contributed by atoms with Crippen molar-refractivity contribution in [2.24, 2.45) is 5.73 Å². The molecular weight excluding hydrogens is 246 g/mol. The van der Waals surface area contributed by atoms with Crippen LogP contribution in [0.4, 0.5) is 0 Å². The summed E-state index contributed by atoms with van der Waals surface area (Å²) in [5.74, 6) is 0. The lowest BCUT2D eigenvalue weighted by Gasteiger charge is -2.03. The Morgan fingerprint density at radius 1 is 0.900 bits per heavy atom. The van der Waals surface area contributed by atoms with Gasteiger partial charge in [-0.05, 0) is 29.7 Å². The number of hydrogen-bond donors (Lipinski definition) is 1. The third-order valence-electron chi connectivity index (χ3n) is 3.05. The normalized spacial score (nSPS) is 11.1. The van der Waals surface area contributed by atoms with Crippen molar-refractivity contribution < 1.29 is 4.74 Å². The van der Waals surface area contributed by atoms with Gasteiger partial charge in [0.1, 0.15) is 0 Å². The maximum absolute atomic E-state index is 5.63. The fourth-order valence-electron chi connectivity index (χ4n) is 1.96. The lowest BCUT2D eigenvalue weighted by atomic mass is 10.1. The van der Waals surface area contributed by atoms with E-state index in [0.717, 1.165) is 6.42 Å². The van der Waals surface area contributed by atoms with E-state index in [2.05, 4.69) is 42.5 Å². The van der Waals surface area contributed by atoms with Crippen molar-refractivity contribution >= 4 is 6.08 Å². The first-order chi connectivity index (χ1) is 9.88. The first-order valence-electron chi connectivity index (χ1n) is 6.96. The second kappa shape index (κ2) is 8.31. The van der Waals surface area contributed by atoms with E-state index in [9.17, 15) is 0 Å². The lowest BCUT2D eigenvalue weighted by molar-refractivity contribution is 0.149. The number of ether oxygens (including phenoxy) is 1. The van der Waals surface area contributed by atoms with E-state index in [1.807, 2.05) is 24.3 Å². The van der Waals surface area contributed by atoms with Crippen LogP contribution in [0.3, 0.4) is 0 Å². The molecule has 2 rings (SSSR count). The molecule has 2 aromatic carbocycles. The fourth-order valence-corrected chi connectivity index (χ4v) is 1.96. The first kappa shape index (κ1) is 14.5. The van der Waals surface area contributed by atoms with Crippen molar-refractivity contribution in [1.82, 2.24) is 0 Å². The van der Waals surface area contributed by atoms with Crippen molar-refractivity contribution in [2.75, 3.05) is 13.2 Å². The molecule has 0 spiro atoms. The number of rotatable bonds is 7. The predicted octanol–water partition coefficient (Wildman–Crippen LogP) is 3.42. The van der Waals surface area contributed by atoms with Gasteiger partial charge in [-0.2, -0.15) is 0 Å². The Morgan fingerprint density at radius 2 is 1.60 bits per heavy atom. The van der Waals surface area contributed by atoms with Gasteiger partial charge in [0.05, 0.1) is 13.2 Å². The van der Waals surface area contributed by atoms with Gasteiger partial charge in [0.2, 0.25) is 0 Å². The highest BCUT2D eigenvalue weighted by atomic mass is 16.5. The smallest absolute Gasteiger partial charge is 0.0721 e. The molecule has 2 aromatic rings. The van der Waals surface area contributed by atoms with Gasteiger partial charge in [0.25, 0.3) is 0 Å². The molecule has 0 fully saturated rings. The van der Waals surface area contributed by atoms with Crippen LogP contribution in [0, 0.1) is 0 Å². The minimum absolute atomic E-state index is 0.624. The third-order valence-corrected chi connectivity index (χ3v) is 3.05. The van der Waals surface area contributed by atoms with Crippen LogP contribution in [-0.4, -0.2) is 13.2 Å². The molecule has 0 aliphatic carbocycles. The SMILES string of the molecule is NCCc1ccc(COC/C=C/c2ccccc2)cc1. The Morgan fingerprint density at radius 3 is 2.30 bits per heavy atom. The summed E-state index contributed by atoms with van der Waals surface area (Å²) >= 11 is 0. The van der Waals surface area contributed by atoms with Gasteiger partial charge in [-0.3, -0.25) is 0 Å². The molecule has 104 valence electrons. The van der Waals surface area contributed by atoms with E-state index in [0.29, 0.717) is 19.8 Å². The summed E-state index contributed by atoms with van der Waals surface area (Å²) in [6.07, 6.45) is 5.05. The molecule has 20 heavy (non-hydrogen) atoms. The molecule has 0 bridgehead atoms. The van der Waals surface area contributed by atoms with Crippen LogP contribution in [0.25, 0.3) is 6.08 Å². The van der Waals surface area contributed by atoms with Crippen molar-refractivity contribution in [2.45, 2.75) is 13.0 Å². The minimum atomic E-state index is 0.624. The van der Waals surface area contributed by atoms with Crippen LogP contribution in [0.15, 0.2) is 60.7 Å². The van der Waals surface area contributed by atoms with Crippen LogP contribution >= 0.6 is 0 Å². The summed E-state index contributed by atoms with van der Waals surface area (Å²) in [4.78, 5) is 0. The quantitative estimate of drug-likeness (QED) is 0.780. The van der Waals surface area contributed by atoms with Crippen LogP contribution in [-0.2, 0) is 17.8 Å². The molecular formula is C18H21NO. The number of nitrogens with two attached hydrogens (primary N) is 1. The number of hydrogen-bond acceptors (Lipinski definition) is 2. The van der Waals surface area contributed by atoms with Crippen molar-refractivity contribution in [1.29, 1.82) is 0 Å². The van der Waals surface area contributed by atoms with E-state index in [1.54, 1.807) is 0 Å². The van der Waals surface area contributed by atoms with Crippen LogP contribution in [0.5, 0.6) is 0 Å². The fraction of sp³-hybridized carbons (Fsp3) is 0.222. The maximum Gasteiger partial charge on any atom is 0.0721 e. The third kappa shape index (κ3) is 5.00. The topological polar surface area (TPSA) is 35.2 Å². The van der Waals surface area contributed by atoms with E-state index in [-0.39, 0.29) is 0 Å². The zero-order valence-corrected chi connectivity index (χ0v) is 11.7. The van der Waals surface area contributed by atoms with Gasteiger partial charge >= 0.3 is 0 Å². The monoisotopic (exact) mass is 267 g/mol. The Bertz CT molecular complexity index is 517. The molecule has 0 amide bonds. The standard InChI is InChI=1S/C18H21NO/c19-13-12-17-8-10-18(11-9-17)15-20-14-4-7-16-5-2-1-3-6-16/h1-11H,12-15,19H2/b7-4+. The molecule has 0 heterocycles. The molecule has 2 heteroatoms. The Balaban J connectivity index is 1.72. The first-order valence-corrected chi connectivity index (χ1v) is 6.96. The summed E-state index contributed by atoms with van der Waals surface area (Å²) in [5, 5.41) is 0. The average molecular weight is 267 g/mol. The molecule has 0 aliphatic heterocycles.